The summed E-state index contributed by atoms with van der Waals surface area (Å²) in [6, 6.07) is 12.3. The third-order valence-electron chi connectivity index (χ3n) is 2.58. The SMILES string of the molecule is CC(c1ccccc1)c1cncc(N)c1. The molecular formula is C13H14N2. The summed E-state index contributed by atoms with van der Waals surface area (Å²) in [5, 5.41) is 0. The van der Waals surface area contributed by atoms with Crippen LogP contribution in [-0.4, -0.2) is 4.98 Å². The van der Waals surface area contributed by atoms with E-state index in [4.69, 9.17) is 5.73 Å². The molecule has 0 aliphatic carbocycles. The molecule has 0 aliphatic rings. The van der Waals surface area contributed by atoms with Gasteiger partial charge in [-0.3, -0.25) is 4.98 Å². The standard InChI is InChI=1S/C13H14N2/c1-10(11-5-3-2-4-6-11)12-7-13(14)9-15-8-12/h2-10H,14H2,1H3. The fourth-order valence-corrected chi connectivity index (χ4v) is 1.65. The third kappa shape index (κ3) is 2.15. The van der Waals surface area contributed by atoms with Crippen molar-refractivity contribution in [1.29, 1.82) is 0 Å². The largest absolute Gasteiger partial charge is 0.397 e. The molecule has 2 rings (SSSR count). The topological polar surface area (TPSA) is 38.9 Å². The van der Waals surface area contributed by atoms with E-state index in [9.17, 15) is 0 Å². The first-order valence-corrected chi connectivity index (χ1v) is 5.03. The van der Waals surface area contributed by atoms with Crippen molar-refractivity contribution in [3.05, 3.63) is 59.9 Å². The second-order valence-corrected chi connectivity index (χ2v) is 3.68. The van der Waals surface area contributed by atoms with E-state index in [-0.39, 0.29) is 0 Å². The van der Waals surface area contributed by atoms with Crippen LogP contribution in [0.4, 0.5) is 5.69 Å². The van der Waals surface area contributed by atoms with Crippen LogP contribution >= 0.6 is 0 Å². The maximum atomic E-state index is 5.71. The second-order valence-electron chi connectivity index (χ2n) is 3.68. The minimum Gasteiger partial charge on any atom is -0.397 e. The van der Waals surface area contributed by atoms with Crippen LogP contribution in [0, 0.1) is 0 Å². The van der Waals surface area contributed by atoms with Crippen LogP contribution in [0.25, 0.3) is 0 Å². The highest BCUT2D eigenvalue weighted by Gasteiger charge is 2.07. The van der Waals surface area contributed by atoms with Gasteiger partial charge < -0.3 is 5.73 Å². The van der Waals surface area contributed by atoms with Gasteiger partial charge in [-0.2, -0.15) is 0 Å². The maximum absolute atomic E-state index is 5.71. The van der Waals surface area contributed by atoms with Crippen LogP contribution in [0.3, 0.4) is 0 Å². The first kappa shape index (κ1) is 9.71. The normalized spacial score (nSPS) is 12.3. The van der Waals surface area contributed by atoms with Gasteiger partial charge in [-0.05, 0) is 17.2 Å². The average molecular weight is 198 g/mol. The summed E-state index contributed by atoms with van der Waals surface area (Å²) in [7, 11) is 0. The molecule has 1 aromatic heterocycles. The molecule has 76 valence electrons. The second kappa shape index (κ2) is 4.13. The van der Waals surface area contributed by atoms with Gasteiger partial charge in [0.1, 0.15) is 0 Å². The van der Waals surface area contributed by atoms with E-state index >= 15 is 0 Å². The number of pyridine rings is 1. The number of benzene rings is 1. The highest BCUT2D eigenvalue weighted by Crippen LogP contribution is 2.23. The van der Waals surface area contributed by atoms with E-state index in [0.29, 0.717) is 5.92 Å². The van der Waals surface area contributed by atoms with E-state index in [1.165, 1.54) is 5.56 Å². The average Bonchev–Trinajstić information content (AvgIpc) is 2.29. The van der Waals surface area contributed by atoms with Gasteiger partial charge in [0.05, 0.1) is 5.69 Å². The Morgan fingerprint density at radius 2 is 1.80 bits per heavy atom. The Labute approximate surface area is 89.8 Å². The van der Waals surface area contributed by atoms with Crippen molar-refractivity contribution in [3.8, 4) is 0 Å². The van der Waals surface area contributed by atoms with Gasteiger partial charge in [-0.25, -0.2) is 0 Å². The molecule has 0 amide bonds. The van der Waals surface area contributed by atoms with Gasteiger partial charge in [0.2, 0.25) is 0 Å². The van der Waals surface area contributed by atoms with E-state index in [1.807, 2.05) is 30.5 Å². The minimum absolute atomic E-state index is 0.335. The predicted molar refractivity (Wildman–Crippen MR) is 62.6 cm³/mol. The molecule has 2 nitrogen and oxygen atoms in total. The van der Waals surface area contributed by atoms with Crippen molar-refractivity contribution in [2.45, 2.75) is 12.8 Å². The Balaban J connectivity index is 2.32. The molecule has 1 aromatic carbocycles. The van der Waals surface area contributed by atoms with Crippen molar-refractivity contribution in [3.63, 3.8) is 0 Å². The molecule has 0 radical (unpaired) electrons. The number of nitrogens with zero attached hydrogens (tertiary/aromatic N) is 1. The zero-order valence-corrected chi connectivity index (χ0v) is 8.72. The third-order valence-corrected chi connectivity index (χ3v) is 2.58. The molecule has 0 aliphatic heterocycles. The lowest BCUT2D eigenvalue weighted by Gasteiger charge is -2.11. The number of hydrogen-bond donors (Lipinski definition) is 1. The molecule has 2 heteroatoms. The molecule has 15 heavy (non-hydrogen) atoms. The van der Waals surface area contributed by atoms with E-state index < -0.39 is 0 Å². The quantitative estimate of drug-likeness (QED) is 0.805. The highest BCUT2D eigenvalue weighted by molar-refractivity contribution is 5.41. The Kier molecular flexibility index (Phi) is 2.68. The number of nitrogens with two attached hydrogens (primary N) is 1. The van der Waals surface area contributed by atoms with Gasteiger partial charge in [-0.1, -0.05) is 37.3 Å². The van der Waals surface area contributed by atoms with Crippen molar-refractivity contribution in [2.75, 3.05) is 5.73 Å². The number of anilines is 1. The lowest BCUT2D eigenvalue weighted by molar-refractivity contribution is 0.912. The summed E-state index contributed by atoms with van der Waals surface area (Å²) in [5.41, 5.74) is 8.87. The Bertz CT molecular complexity index is 437. The van der Waals surface area contributed by atoms with E-state index in [1.54, 1.807) is 6.20 Å². The highest BCUT2D eigenvalue weighted by atomic mass is 14.7. The Morgan fingerprint density at radius 3 is 2.47 bits per heavy atom. The summed E-state index contributed by atoms with van der Waals surface area (Å²) < 4.78 is 0. The summed E-state index contributed by atoms with van der Waals surface area (Å²) in [5.74, 6) is 0.335. The summed E-state index contributed by atoms with van der Waals surface area (Å²) >= 11 is 0. The Morgan fingerprint density at radius 1 is 1.07 bits per heavy atom. The fraction of sp³-hybridized carbons (Fsp3) is 0.154. The number of hydrogen-bond acceptors (Lipinski definition) is 2. The van der Waals surface area contributed by atoms with Crippen LogP contribution in [0.2, 0.25) is 0 Å². The lowest BCUT2D eigenvalue weighted by Crippen LogP contribution is -1.98. The van der Waals surface area contributed by atoms with Crippen molar-refractivity contribution in [2.24, 2.45) is 0 Å². The molecule has 1 unspecified atom stereocenters. The molecule has 2 N–H and O–H groups in total. The lowest BCUT2D eigenvalue weighted by atomic mass is 9.94. The molecule has 0 saturated carbocycles. The van der Waals surface area contributed by atoms with Gasteiger partial charge in [0, 0.05) is 18.3 Å². The van der Waals surface area contributed by atoms with Crippen LogP contribution in [0.1, 0.15) is 24.0 Å². The zero-order chi connectivity index (χ0) is 10.7. The van der Waals surface area contributed by atoms with Gasteiger partial charge in [0.25, 0.3) is 0 Å². The van der Waals surface area contributed by atoms with Gasteiger partial charge in [0.15, 0.2) is 0 Å². The molecule has 0 spiro atoms. The van der Waals surface area contributed by atoms with Crippen LogP contribution in [0.5, 0.6) is 0 Å². The molecule has 2 aromatic rings. The van der Waals surface area contributed by atoms with Crippen molar-refractivity contribution >= 4 is 5.69 Å². The molecule has 0 saturated heterocycles. The fourth-order valence-electron chi connectivity index (χ4n) is 1.65. The first-order chi connectivity index (χ1) is 7.27. The molecule has 1 atom stereocenters. The van der Waals surface area contributed by atoms with Crippen LogP contribution in [-0.2, 0) is 0 Å². The van der Waals surface area contributed by atoms with E-state index in [0.717, 1.165) is 11.3 Å². The Hall–Kier alpha value is -1.83. The van der Waals surface area contributed by atoms with Gasteiger partial charge >= 0.3 is 0 Å². The summed E-state index contributed by atoms with van der Waals surface area (Å²) in [6.45, 7) is 2.16. The van der Waals surface area contributed by atoms with E-state index in [2.05, 4.69) is 24.0 Å². The molecule has 1 heterocycles. The maximum Gasteiger partial charge on any atom is 0.0503 e. The first-order valence-electron chi connectivity index (χ1n) is 5.03. The number of nitrogen functional groups attached to an aromatic ring is 1. The molecular weight excluding hydrogens is 184 g/mol. The molecule has 0 fully saturated rings. The smallest absolute Gasteiger partial charge is 0.0503 e. The van der Waals surface area contributed by atoms with Crippen molar-refractivity contribution < 1.29 is 0 Å². The van der Waals surface area contributed by atoms with Gasteiger partial charge in [-0.15, -0.1) is 0 Å². The summed E-state index contributed by atoms with van der Waals surface area (Å²) in [6.07, 6.45) is 3.54. The molecule has 0 bridgehead atoms. The predicted octanol–water partition coefficient (Wildman–Crippen LogP) is 2.82. The van der Waals surface area contributed by atoms with Crippen LogP contribution in [0.15, 0.2) is 48.8 Å². The zero-order valence-electron chi connectivity index (χ0n) is 8.72. The summed E-state index contributed by atoms with van der Waals surface area (Å²) in [4.78, 5) is 4.11. The van der Waals surface area contributed by atoms with Crippen molar-refractivity contribution in [1.82, 2.24) is 4.98 Å². The number of aromatic nitrogens is 1. The minimum atomic E-state index is 0.335. The number of rotatable bonds is 2. The monoisotopic (exact) mass is 198 g/mol. The van der Waals surface area contributed by atoms with Crippen LogP contribution < -0.4 is 5.73 Å².